The maximum atomic E-state index is 12.2. The normalized spacial score (nSPS) is 14.9. The van der Waals surface area contributed by atoms with Gasteiger partial charge in [0, 0.05) is 31.1 Å². The number of nitrogen functional groups attached to an aromatic ring is 1. The van der Waals surface area contributed by atoms with Crippen LogP contribution in [0.15, 0.2) is 35.1 Å². The molecule has 2 heterocycles. The third kappa shape index (κ3) is 5.16. The number of hydrogen-bond acceptors (Lipinski definition) is 5. The molecule has 0 spiro atoms. The van der Waals surface area contributed by atoms with Gasteiger partial charge in [0.15, 0.2) is 0 Å². The molecule has 138 valence electrons. The second-order valence-corrected chi connectivity index (χ2v) is 6.66. The number of aromatic nitrogens is 2. The molecule has 3 rings (SSSR count). The molecule has 1 aromatic heterocycles. The minimum Gasteiger partial charge on any atom is -0.383 e. The molecule has 1 aliphatic heterocycles. The Morgan fingerprint density at radius 3 is 2.62 bits per heavy atom. The van der Waals surface area contributed by atoms with Crippen molar-refractivity contribution in [2.45, 2.75) is 32.2 Å². The standard InChI is InChI=1S/C19H25N5O2/c20-16-12-18(25)23-17(22-16)8-9-21-19(26)15-6-4-14(5-7-15)13-24-10-2-1-3-11-24/h4-7,12H,1-3,8-11,13H2,(H,21,26)(H3,20,22,23,25). The molecule has 4 N–H and O–H groups in total. The summed E-state index contributed by atoms with van der Waals surface area (Å²) in [5.74, 6) is 0.507. The molecule has 1 aliphatic rings. The molecule has 1 amide bonds. The Balaban J connectivity index is 1.49. The van der Waals surface area contributed by atoms with Gasteiger partial charge in [-0.1, -0.05) is 18.6 Å². The van der Waals surface area contributed by atoms with Crippen LogP contribution in [0.3, 0.4) is 0 Å². The van der Waals surface area contributed by atoms with Gasteiger partial charge < -0.3 is 16.0 Å². The zero-order valence-corrected chi connectivity index (χ0v) is 14.8. The highest BCUT2D eigenvalue weighted by molar-refractivity contribution is 5.94. The second kappa shape index (κ2) is 8.62. The van der Waals surface area contributed by atoms with E-state index < -0.39 is 0 Å². The Morgan fingerprint density at radius 2 is 1.92 bits per heavy atom. The molecule has 2 aromatic rings. The third-order valence-electron chi connectivity index (χ3n) is 4.53. The number of nitrogens with one attached hydrogen (secondary N) is 2. The molecule has 1 saturated heterocycles. The van der Waals surface area contributed by atoms with Crippen LogP contribution >= 0.6 is 0 Å². The molecule has 0 saturated carbocycles. The molecule has 0 radical (unpaired) electrons. The van der Waals surface area contributed by atoms with E-state index in [1.807, 2.05) is 24.3 Å². The summed E-state index contributed by atoms with van der Waals surface area (Å²) in [6.07, 6.45) is 4.29. The van der Waals surface area contributed by atoms with Gasteiger partial charge >= 0.3 is 0 Å². The summed E-state index contributed by atoms with van der Waals surface area (Å²) in [5.41, 5.74) is 7.11. The van der Waals surface area contributed by atoms with Gasteiger partial charge in [0.1, 0.15) is 11.6 Å². The summed E-state index contributed by atoms with van der Waals surface area (Å²) in [7, 11) is 0. The second-order valence-electron chi connectivity index (χ2n) is 6.66. The average Bonchev–Trinajstić information content (AvgIpc) is 2.62. The Bertz CT molecular complexity index is 794. The van der Waals surface area contributed by atoms with Crippen LogP contribution in [0.1, 0.15) is 41.0 Å². The number of likely N-dealkylation sites (tertiary alicyclic amines) is 1. The molecule has 7 nitrogen and oxygen atoms in total. The van der Waals surface area contributed by atoms with E-state index in [9.17, 15) is 9.59 Å². The van der Waals surface area contributed by atoms with Gasteiger partial charge in [0.05, 0.1) is 0 Å². The third-order valence-corrected chi connectivity index (χ3v) is 4.53. The smallest absolute Gasteiger partial charge is 0.252 e. The van der Waals surface area contributed by atoms with E-state index in [4.69, 9.17) is 5.73 Å². The van der Waals surface area contributed by atoms with Crippen molar-refractivity contribution in [2.75, 3.05) is 25.4 Å². The van der Waals surface area contributed by atoms with Crippen LogP contribution in [0.25, 0.3) is 0 Å². The van der Waals surface area contributed by atoms with Crippen LogP contribution in [0.4, 0.5) is 5.82 Å². The molecular formula is C19H25N5O2. The molecule has 7 heteroatoms. The minimum absolute atomic E-state index is 0.138. The van der Waals surface area contributed by atoms with E-state index in [0.29, 0.717) is 24.4 Å². The number of nitrogens with zero attached hydrogens (tertiary/aromatic N) is 2. The largest absolute Gasteiger partial charge is 0.383 e. The fourth-order valence-electron chi connectivity index (χ4n) is 3.18. The first kappa shape index (κ1) is 18.1. The van der Waals surface area contributed by atoms with Gasteiger partial charge in [-0.2, -0.15) is 0 Å². The number of hydrogen-bond donors (Lipinski definition) is 3. The zero-order chi connectivity index (χ0) is 18.4. The minimum atomic E-state index is -0.289. The number of aromatic amines is 1. The molecule has 1 fully saturated rings. The van der Waals surface area contributed by atoms with Crippen LogP contribution in [-0.2, 0) is 13.0 Å². The van der Waals surface area contributed by atoms with Crippen LogP contribution < -0.4 is 16.6 Å². The lowest BCUT2D eigenvalue weighted by Gasteiger charge is -2.26. The summed E-state index contributed by atoms with van der Waals surface area (Å²) in [4.78, 5) is 32.7. The van der Waals surface area contributed by atoms with Gasteiger partial charge in [0.25, 0.3) is 11.5 Å². The molecule has 0 unspecified atom stereocenters. The van der Waals surface area contributed by atoms with Gasteiger partial charge in [-0.25, -0.2) is 4.98 Å². The number of nitrogens with two attached hydrogens (primary N) is 1. The SMILES string of the molecule is Nc1cc(=O)[nH]c(CCNC(=O)c2ccc(CN3CCCCC3)cc2)n1. The van der Waals surface area contributed by atoms with Gasteiger partial charge in [0.2, 0.25) is 0 Å². The molecule has 0 aliphatic carbocycles. The van der Waals surface area contributed by atoms with Crippen LogP contribution in [0.2, 0.25) is 0 Å². The fourth-order valence-corrected chi connectivity index (χ4v) is 3.18. The average molecular weight is 355 g/mol. The lowest BCUT2D eigenvalue weighted by Crippen LogP contribution is -2.29. The first-order valence-electron chi connectivity index (χ1n) is 9.05. The van der Waals surface area contributed by atoms with Crippen molar-refractivity contribution < 1.29 is 4.79 Å². The van der Waals surface area contributed by atoms with Crippen molar-refractivity contribution in [2.24, 2.45) is 0 Å². The van der Waals surface area contributed by atoms with E-state index in [2.05, 4.69) is 20.2 Å². The zero-order valence-electron chi connectivity index (χ0n) is 14.8. The van der Waals surface area contributed by atoms with Crippen LogP contribution in [0, 0.1) is 0 Å². The summed E-state index contributed by atoms with van der Waals surface area (Å²) in [6.45, 7) is 3.63. The molecule has 1 aromatic carbocycles. The lowest BCUT2D eigenvalue weighted by atomic mass is 10.1. The van der Waals surface area contributed by atoms with Crippen molar-refractivity contribution in [3.63, 3.8) is 0 Å². The Hall–Kier alpha value is -2.67. The summed E-state index contributed by atoms with van der Waals surface area (Å²) in [6, 6.07) is 8.97. The lowest BCUT2D eigenvalue weighted by molar-refractivity contribution is 0.0954. The van der Waals surface area contributed by atoms with E-state index in [1.54, 1.807) is 0 Å². The van der Waals surface area contributed by atoms with E-state index in [-0.39, 0.29) is 17.3 Å². The van der Waals surface area contributed by atoms with E-state index >= 15 is 0 Å². The number of anilines is 1. The Morgan fingerprint density at radius 1 is 1.19 bits per heavy atom. The maximum absolute atomic E-state index is 12.2. The maximum Gasteiger partial charge on any atom is 0.252 e. The van der Waals surface area contributed by atoms with Gasteiger partial charge in [-0.15, -0.1) is 0 Å². The molecule has 26 heavy (non-hydrogen) atoms. The highest BCUT2D eigenvalue weighted by Gasteiger charge is 2.11. The van der Waals surface area contributed by atoms with Crippen molar-refractivity contribution in [1.29, 1.82) is 0 Å². The number of piperidine rings is 1. The highest BCUT2D eigenvalue weighted by Crippen LogP contribution is 2.13. The van der Waals surface area contributed by atoms with E-state index in [1.165, 1.54) is 30.9 Å². The van der Waals surface area contributed by atoms with Crippen molar-refractivity contribution in [3.05, 3.63) is 57.6 Å². The summed E-state index contributed by atoms with van der Waals surface area (Å²) >= 11 is 0. The van der Waals surface area contributed by atoms with Crippen LogP contribution in [0.5, 0.6) is 0 Å². The summed E-state index contributed by atoms with van der Waals surface area (Å²) < 4.78 is 0. The number of carbonyl (C=O) groups excluding carboxylic acids is 1. The number of carbonyl (C=O) groups is 1. The van der Waals surface area contributed by atoms with Crippen molar-refractivity contribution in [3.8, 4) is 0 Å². The number of H-pyrrole nitrogens is 1. The Labute approximate surface area is 152 Å². The molecular weight excluding hydrogens is 330 g/mol. The fraction of sp³-hybridized carbons (Fsp3) is 0.421. The van der Waals surface area contributed by atoms with E-state index in [0.717, 1.165) is 19.6 Å². The quantitative estimate of drug-likeness (QED) is 0.725. The monoisotopic (exact) mass is 355 g/mol. The van der Waals surface area contributed by atoms with Gasteiger partial charge in [-0.3, -0.25) is 14.5 Å². The number of rotatable bonds is 6. The number of benzene rings is 1. The first-order chi connectivity index (χ1) is 12.6. The topological polar surface area (TPSA) is 104 Å². The van der Waals surface area contributed by atoms with Crippen molar-refractivity contribution in [1.82, 2.24) is 20.2 Å². The highest BCUT2D eigenvalue weighted by atomic mass is 16.1. The predicted octanol–water partition coefficient (Wildman–Crippen LogP) is 1.31. The Kier molecular flexibility index (Phi) is 6.01. The number of amides is 1. The first-order valence-corrected chi connectivity index (χ1v) is 9.05. The predicted molar refractivity (Wildman–Crippen MR) is 101 cm³/mol. The summed E-state index contributed by atoms with van der Waals surface area (Å²) in [5, 5.41) is 2.83. The molecule has 0 bridgehead atoms. The van der Waals surface area contributed by atoms with Crippen LogP contribution in [-0.4, -0.2) is 40.4 Å². The molecule has 0 atom stereocenters. The van der Waals surface area contributed by atoms with Crippen molar-refractivity contribution >= 4 is 11.7 Å². The van der Waals surface area contributed by atoms with Gasteiger partial charge in [-0.05, 0) is 43.6 Å².